The normalized spacial score (nSPS) is 18.9. The Bertz CT molecular complexity index is 562. The first-order valence-electron chi connectivity index (χ1n) is 6.54. The lowest BCUT2D eigenvalue weighted by molar-refractivity contribution is 0.506. The van der Waals surface area contributed by atoms with Crippen LogP contribution in [0.25, 0.3) is 0 Å². The van der Waals surface area contributed by atoms with Gasteiger partial charge in [-0.2, -0.15) is 0 Å². The summed E-state index contributed by atoms with van der Waals surface area (Å²) in [5, 5.41) is 4.07. The highest BCUT2D eigenvalue weighted by atomic mass is 35.5. The van der Waals surface area contributed by atoms with Gasteiger partial charge < -0.3 is 10.2 Å². The standard InChI is InChI=1S/C15H19ClN4/c1-11-5-4-6-12(9-13(11)16)19-14-7-8-15(20(2)3)18-10-17-14/h5-6,8-10H,4,7H2,1-3H3,(H,17,18,19). The van der Waals surface area contributed by atoms with Crippen molar-refractivity contribution in [2.75, 3.05) is 14.1 Å². The lowest BCUT2D eigenvalue weighted by Crippen LogP contribution is -2.21. The molecule has 0 saturated carbocycles. The molecule has 1 heterocycles. The van der Waals surface area contributed by atoms with Crippen molar-refractivity contribution < 1.29 is 0 Å². The molecular weight excluding hydrogens is 272 g/mol. The van der Waals surface area contributed by atoms with Crippen LogP contribution in [0.1, 0.15) is 19.8 Å². The van der Waals surface area contributed by atoms with E-state index in [-0.39, 0.29) is 0 Å². The summed E-state index contributed by atoms with van der Waals surface area (Å²) >= 11 is 6.21. The summed E-state index contributed by atoms with van der Waals surface area (Å²) in [6.45, 7) is 2.01. The van der Waals surface area contributed by atoms with E-state index in [0.717, 1.165) is 34.4 Å². The van der Waals surface area contributed by atoms with Gasteiger partial charge in [-0.25, -0.2) is 9.98 Å². The van der Waals surface area contributed by atoms with Gasteiger partial charge in [0, 0.05) is 31.2 Å². The first-order chi connectivity index (χ1) is 9.56. The van der Waals surface area contributed by atoms with Crippen molar-refractivity contribution in [2.24, 2.45) is 9.98 Å². The molecule has 5 heteroatoms. The number of halogens is 1. The van der Waals surface area contributed by atoms with Gasteiger partial charge in [0.05, 0.1) is 0 Å². The molecule has 1 aliphatic carbocycles. The highest BCUT2D eigenvalue weighted by molar-refractivity contribution is 6.32. The molecule has 1 N–H and O–H groups in total. The Kier molecular flexibility index (Phi) is 4.79. The number of hydrogen-bond acceptors (Lipinski definition) is 4. The van der Waals surface area contributed by atoms with Gasteiger partial charge in [0.15, 0.2) is 0 Å². The van der Waals surface area contributed by atoms with E-state index in [4.69, 9.17) is 11.6 Å². The maximum absolute atomic E-state index is 6.21. The maximum Gasteiger partial charge on any atom is 0.126 e. The van der Waals surface area contributed by atoms with Crippen LogP contribution in [0.2, 0.25) is 0 Å². The Morgan fingerprint density at radius 3 is 2.80 bits per heavy atom. The summed E-state index contributed by atoms with van der Waals surface area (Å²) in [5.41, 5.74) is 2.07. The van der Waals surface area contributed by atoms with Crippen LogP contribution in [0.5, 0.6) is 0 Å². The van der Waals surface area contributed by atoms with Crippen molar-refractivity contribution in [1.29, 1.82) is 0 Å². The van der Waals surface area contributed by atoms with Crippen LogP contribution in [-0.4, -0.2) is 31.2 Å². The Balaban J connectivity index is 2.07. The fraction of sp³-hybridized carbons (Fsp3) is 0.333. The predicted octanol–water partition coefficient (Wildman–Crippen LogP) is 3.17. The van der Waals surface area contributed by atoms with Crippen molar-refractivity contribution >= 4 is 23.8 Å². The molecule has 0 aromatic carbocycles. The number of rotatable bonds is 2. The molecule has 2 aliphatic rings. The second-order valence-electron chi connectivity index (χ2n) is 4.88. The molecule has 0 radical (unpaired) electrons. The molecule has 20 heavy (non-hydrogen) atoms. The van der Waals surface area contributed by atoms with Crippen molar-refractivity contribution in [1.82, 2.24) is 10.2 Å². The molecule has 2 rings (SSSR count). The molecule has 0 spiro atoms. The van der Waals surface area contributed by atoms with Crippen molar-refractivity contribution in [3.63, 3.8) is 0 Å². The number of hydrogen-bond donors (Lipinski definition) is 1. The molecule has 4 nitrogen and oxygen atoms in total. The lowest BCUT2D eigenvalue weighted by Gasteiger charge is -2.11. The first-order valence-corrected chi connectivity index (χ1v) is 6.92. The Morgan fingerprint density at radius 2 is 2.05 bits per heavy atom. The van der Waals surface area contributed by atoms with Crippen molar-refractivity contribution in [3.05, 3.63) is 46.4 Å². The van der Waals surface area contributed by atoms with E-state index >= 15 is 0 Å². The quantitative estimate of drug-likeness (QED) is 0.848. The van der Waals surface area contributed by atoms with E-state index in [2.05, 4.69) is 27.5 Å². The van der Waals surface area contributed by atoms with Crippen molar-refractivity contribution in [2.45, 2.75) is 19.8 Å². The predicted molar refractivity (Wildman–Crippen MR) is 85.8 cm³/mol. The van der Waals surface area contributed by atoms with Crippen LogP contribution in [0.3, 0.4) is 0 Å². The van der Waals surface area contributed by atoms with Gasteiger partial charge in [-0.15, -0.1) is 0 Å². The third-order valence-corrected chi connectivity index (χ3v) is 3.46. The van der Waals surface area contributed by atoms with E-state index in [1.54, 1.807) is 6.34 Å². The van der Waals surface area contributed by atoms with Gasteiger partial charge in [0.2, 0.25) is 0 Å². The third kappa shape index (κ3) is 3.84. The first kappa shape index (κ1) is 14.6. The van der Waals surface area contributed by atoms with E-state index in [9.17, 15) is 0 Å². The second-order valence-corrected chi connectivity index (χ2v) is 5.29. The minimum atomic E-state index is 0.711. The highest BCUT2D eigenvalue weighted by Gasteiger charge is 2.07. The number of allylic oxidation sites excluding steroid dienone is 5. The highest BCUT2D eigenvalue weighted by Crippen LogP contribution is 2.20. The molecule has 0 bridgehead atoms. The topological polar surface area (TPSA) is 40.0 Å². The number of nitrogens with one attached hydrogen (secondary N) is 1. The summed E-state index contributed by atoms with van der Waals surface area (Å²) in [5.74, 6) is 1.77. The van der Waals surface area contributed by atoms with Gasteiger partial charge in [0.25, 0.3) is 0 Å². The molecule has 1 aliphatic heterocycles. The van der Waals surface area contributed by atoms with Crippen LogP contribution in [0.4, 0.5) is 0 Å². The fourth-order valence-corrected chi connectivity index (χ4v) is 2.05. The minimum Gasteiger partial charge on any atom is -0.363 e. The Hall–Kier alpha value is -1.81. The fourth-order valence-electron chi connectivity index (χ4n) is 1.86. The van der Waals surface area contributed by atoms with Crippen LogP contribution in [0.15, 0.2) is 56.4 Å². The Labute approximate surface area is 124 Å². The molecule has 0 aromatic heterocycles. The van der Waals surface area contributed by atoms with E-state index in [1.807, 2.05) is 38.1 Å². The van der Waals surface area contributed by atoms with E-state index < -0.39 is 0 Å². The smallest absolute Gasteiger partial charge is 0.126 e. The monoisotopic (exact) mass is 290 g/mol. The molecule has 0 fully saturated rings. The second kappa shape index (κ2) is 6.57. The average molecular weight is 291 g/mol. The van der Waals surface area contributed by atoms with Crippen LogP contribution < -0.4 is 5.32 Å². The molecular formula is C15H19ClN4. The zero-order chi connectivity index (χ0) is 14.5. The van der Waals surface area contributed by atoms with Gasteiger partial charge >= 0.3 is 0 Å². The van der Waals surface area contributed by atoms with Crippen molar-refractivity contribution in [3.8, 4) is 0 Å². The van der Waals surface area contributed by atoms with Crippen LogP contribution in [0, 0.1) is 0 Å². The van der Waals surface area contributed by atoms with Crippen LogP contribution >= 0.6 is 11.6 Å². The van der Waals surface area contributed by atoms with E-state index in [0.29, 0.717) is 6.42 Å². The number of amidine groups is 1. The minimum absolute atomic E-state index is 0.711. The van der Waals surface area contributed by atoms with Gasteiger partial charge in [-0.3, -0.25) is 0 Å². The summed E-state index contributed by atoms with van der Waals surface area (Å²) in [7, 11) is 3.93. The van der Waals surface area contributed by atoms with Gasteiger partial charge in [0.1, 0.15) is 18.0 Å². The Morgan fingerprint density at radius 1 is 1.25 bits per heavy atom. The van der Waals surface area contributed by atoms with Gasteiger partial charge in [-0.05, 0) is 31.1 Å². The maximum atomic E-state index is 6.21. The molecule has 0 saturated heterocycles. The summed E-state index contributed by atoms with van der Waals surface area (Å²) in [4.78, 5) is 10.6. The van der Waals surface area contributed by atoms with Crippen LogP contribution in [-0.2, 0) is 0 Å². The molecule has 0 unspecified atom stereocenters. The van der Waals surface area contributed by atoms with E-state index in [1.165, 1.54) is 0 Å². The SMILES string of the molecule is CC1=CCC=C(NC2=NC=NC(N(C)C)=CC2)C=C1Cl. The van der Waals surface area contributed by atoms with Gasteiger partial charge in [-0.1, -0.05) is 23.8 Å². The largest absolute Gasteiger partial charge is 0.363 e. The number of nitrogens with zero attached hydrogens (tertiary/aromatic N) is 3. The lowest BCUT2D eigenvalue weighted by atomic mass is 10.2. The summed E-state index contributed by atoms with van der Waals surface area (Å²) < 4.78 is 0. The molecule has 0 atom stereocenters. The zero-order valence-corrected chi connectivity index (χ0v) is 12.8. The molecule has 106 valence electrons. The summed E-state index contributed by atoms with van der Waals surface area (Å²) in [6, 6.07) is 0. The third-order valence-electron chi connectivity index (χ3n) is 3.05. The molecule has 0 amide bonds. The number of aliphatic imine (C=N–C) groups is 2. The molecule has 0 aromatic rings. The average Bonchev–Trinajstić information content (AvgIpc) is 2.71. The zero-order valence-electron chi connectivity index (χ0n) is 12.0. The summed E-state index contributed by atoms with van der Waals surface area (Å²) in [6.07, 6.45) is 11.3.